The predicted octanol–water partition coefficient (Wildman–Crippen LogP) is 17.2. The van der Waals surface area contributed by atoms with Crippen LogP contribution in [0.25, 0.3) is 10.1 Å². The second-order valence-corrected chi connectivity index (χ2v) is 32.4. The highest BCUT2D eigenvalue weighted by atomic mass is 32.1. The molecule has 2 nitrogen and oxygen atoms in total. The van der Waals surface area contributed by atoms with Gasteiger partial charge >= 0.3 is 0 Å². The van der Waals surface area contributed by atoms with Crippen LogP contribution >= 0.6 is 11.3 Å². The molecular formula is C70H83BN2S. The molecule has 9 aliphatic carbocycles. The number of benzene rings is 5. The van der Waals surface area contributed by atoms with Crippen molar-refractivity contribution < 1.29 is 0 Å². The van der Waals surface area contributed by atoms with Gasteiger partial charge in [-0.25, -0.2) is 0 Å². The Hall–Kier alpha value is -4.28. The Balaban J connectivity index is 1.07. The molecule has 1 aromatic heterocycles. The van der Waals surface area contributed by atoms with Gasteiger partial charge in [-0.2, -0.15) is 0 Å². The lowest BCUT2D eigenvalue weighted by molar-refractivity contribution is -0.212. The highest BCUT2D eigenvalue weighted by molar-refractivity contribution is 7.33. The molecule has 0 atom stereocenters. The van der Waals surface area contributed by atoms with E-state index >= 15 is 0 Å². The second kappa shape index (κ2) is 14.6. The topological polar surface area (TPSA) is 6.48 Å². The Bertz CT molecular complexity index is 3340. The molecule has 0 saturated heterocycles. The first-order chi connectivity index (χ1) is 34.8. The Morgan fingerprint density at radius 2 is 0.986 bits per heavy atom. The highest BCUT2D eigenvalue weighted by Crippen LogP contribution is 2.75. The number of fused-ring (bicyclic) bond motifs is 8. The van der Waals surface area contributed by atoms with E-state index < -0.39 is 0 Å². The van der Waals surface area contributed by atoms with Crippen LogP contribution < -0.4 is 25.5 Å². The molecule has 0 radical (unpaired) electrons. The van der Waals surface area contributed by atoms with Gasteiger partial charge in [-0.1, -0.05) is 127 Å². The van der Waals surface area contributed by atoms with E-state index in [0.29, 0.717) is 0 Å². The summed E-state index contributed by atoms with van der Waals surface area (Å²) in [4.78, 5) is 5.69. The van der Waals surface area contributed by atoms with Crippen molar-refractivity contribution in [1.82, 2.24) is 0 Å². The first kappa shape index (κ1) is 47.0. The zero-order valence-corrected chi connectivity index (χ0v) is 48.4. The minimum Gasteiger partial charge on any atom is -0.311 e. The average Bonchev–Trinajstić information content (AvgIpc) is 3.79. The zero-order valence-electron chi connectivity index (χ0n) is 47.6. The molecule has 7 fully saturated rings. The number of thiophene rings is 1. The summed E-state index contributed by atoms with van der Waals surface area (Å²) in [5.41, 5.74) is 22.8. The van der Waals surface area contributed by atoms with Crippen molar-refractivity contribution in [3.05, 3.63) is 124 Å². The molecule has 0 amide bonds. The molecule has 0 spiro atoms. The molecule has 4 heteroatoms. The SMILES string of the molecule is CC(C)(C)c1ccc(N2c3cc([C@]45CC6C7CC8C[C@@H]6C(C4)[C@@H](C8)C7C5)cc4c3B(c3cc5c(cc3N4c3ccc4c(c3)C(C)(C)CCC4(C)C)C(C)(C)CCC5(C)C)c3sc4ccc(C(C)(C)C)cc4c32)cc1. The summed E-state index contributed by atoms with van der Waals surface area (Å²) in [5.74, 6) is 6.66. The van der Waals surface area contributed by atoms with Crippen molar-refractivity contribution in [2.24, 2.45) is 41.4 Å². The van der Waals surface area contributed by atoms with Crippen LogP contribution in [0.3, 0.4) is 0 Å². The van der Waals surface area contributed by atoms with Gasteiger partial charge in [0, 0.05) is 43.3 Å². The lowest BCUT2D eigenvalue weighted by Crippen LogP contribution is -2.66. The number of nitrogens with zero attached hydrogens (tertiary/aromatic N) is 2. The van der Waals surface area contributed by atoms with Gasteiger partial charge in [-0.05, 0) is 248 Å². The van der Waals surface area contributed by atoms with Crippen molar-refractivity contribution in [2.45, 2.75) is 199 Å². The van der Waals surface area contributed by atoms with Gasteiger partial charge in [-0.3, -0.25) is 0 Å². The van der Waals surface area contributed by atoms with E-state index in [2.05, 4.69) is 203 Å². The number of anilines is 6. The van der Waals surface area contributed by atoms with Crippen molar-refractivity contribution in [3.63, 3.8) is 0 Å². The van der Waals surface area contributed by atoms with Gasteiger partial charge in [0.05, 0.1) is 5.69 Å². The molecule has 3 heterocycles. The van der Waals surface area contributed by atoms with Crippen LogP contribution in [0.15, 0.2) is 84.9 Å². The summed E-state index contributed by atoms with van der Waals surface area (Å²) in [7, 11) is 0. The molecule has 382 valence electrons. The smallest absolute Gasteiger partial charge is 0.264 e. The summed E-state index contributed by atoms with van der Waals surface area (Å²) in [5, 5.41) is 1.42. The van der Waals surface area contributed by atoms with E-state index in [1.165, 1.54) is 135 Å². The molecule has 0 unspecified atom stereocenters. The van der Waals surface area contributed by atoms with Gasteiger partial charge in [0.25, 0.3) is 6.71 Å². The molecule has 11 aliphatic rings. The van der Waals surface area contributed by atoms with Crippen LogP contribution in [-0.4, -0.2) is 6.71 Å². The molecule has 5 aromatic carbocycles. The molecular weight excluding hydrogens is 912 g/mol. The van der Waals surface area contributed by atoms with E-state index in [4.69, 9.17) is 0 Å². The summed E-state index contributed by atoms with van der Waals surface area (Å²) in [6.45, 7) is 34.6. The molecule has 2 aliphatic heterocycles. The quantitative estimate of drug-likeness (QED) is 0.163. The van der Waals surface area contributed by atoms with Crippen molar-refractivity contribution in [2.75, 3.05) is 9.80 Å². The van der Waals surface area contributed by atoms with Gasteiger partial charge in [0.2, 0.25) is 0 Å². The van der Waals surface area contributed by atoms with Crippen LogP contribution in [0.5, 0.6) is 0 Å². The third-order valence-corrected chi connectivity index (χ3v) is 24.4. The Morgan fingerprint density at radius 1 is 0.486 bits per heavy atom. The first-order valence-electron chi connectivity index (χ1n) is 29.6. The van der Waals surface area contributed by atoms with Gasteiger partial charge in [-0.15, -0.1) is 11.3 Å². The fourth-order valence-electron chi connectivity index (χ4n) is 18.9. The Kier molecular flexibility index (Phi) is 9.30. The summed E-state index contributed by atoms with van der Waals surface area (Å²) in [6.07, 6.45) is 13.6. The molecule has 0 N–H and O–H groups in total. The third kappa shape index (κ3) is 6.30. The normalized spacial score (nSPS) is 30.6. The minimum absolute atomic E-state index is 0.0282. The van der Waals surface area contributed by atoms with E-state index in [-0.39, 0.29) is 44.6 Å². The number of hydrogen-bond donors (Lipinski definition) is 0. The molecule has 74 heavy (non-hydrogen) atoms. The summed E-state index contributed by atoms with van der Waals surface area (Å²) in [6, 6.07) is 36.5. The molecule has 6 aromatic rings. The monoisotopic (exact) mass is 995 g/mol. The molecule has 7 saturated carbocycles. The maximum atomic E-state index is 2.87. The number of rotatable bonds is 3. The van der Waals surface area contributed by atoms with Gasteiger partial charge in [0.1, 0.15) is 0 Å². The van der Waals surface area contributed by atoms with Crippen LogP contribution in [0.2, 0.25) is 0 Å². The van der Waals surface area contributed by atoms with E-state index in [9.17, 15) is 0 Å². The standard InChI is InChI=1S/C70H83BN2S/c1-64(2,3)40-15-18-43(19-16-40)73-59-32-42(70-36-49-45-27-39-28-46(49)51(38-70)47(29-39)50(45)37-70)31-58-61(59)71(63-62(73)48-30-41(65(4,5)6)17-22-60(48)74-63)56-34-54-55(69(13,14)26-25-68(54,11)12)35-57(56)72(58)44-20-21-52-53(33-44)67(9,10)24-23-66(52,7)8/h15-22,30-35,39,45-47,49-51H,23-29,36-38H2,1-14H3/t39?,45-,46-,47?,49?,50?,51?,70-/m1/s1. The van der Waals surface area contributed by atoms with E-state index in [1.54, 1.807) is 27.8 Å². The summed E-state index contributed by atoms with van der Waals surface area (Å²) >= 11 is 2.08. The van der Waals surface area contributed by atoms with Crippen molar-refractivity contribution in [3.8, 4) is 0 Å². The summed E-state index contributed by atoms with van der Waals surface area (Å²) < 4.78 is 2.92. The van der Waals surface area contributed by atoms with Crippen LogP contribution in [0.1, 0.15) is 200 Å². The van der Waals surface area contributed by atoms with E-state index in [0.717, 1.165) is 41.4 Å². The van der Waals surface area contributed by atoms with Gasteiger partial charge in [0.15, 0.2) is 0 Å². The van der Waals surface area contributed by atoms with Gasteiger partial charge < -0.3 is 9.80 Å². The second-order valence-electron chi connectivity index (χ2n) is 31.3. The van der Waals surface area contributed by atoms with Crippen molar-refractivity contribution in [1.29, 1.82) is 0 Å². The lowest BCUT2D eigenvalue weighted by atomic mass is 9.32. The molecule has 17 rings (SSSR count). The first-order valence-corrected chi connectivity index (χ1v) is 30.4. The Morgan fingerprint density at radius 3 is 1.55 bits per heavy atom. The Labute approximate surface area is 449 Å². The van der Waals surface area contributed by atoms with E-state index in [1.807, 2.05) is 0 Å². The maximum absolute atomic E-state index is 2.87. The predicted molar refractivity (Wildman–Crippen MR) is 318 cm³/mol. The molecule has 8 bridgehead atoms. The fraction of sp³-hybridized carbons (Fsp3) is 0.543. The number of hydrogen-bond acceptors (Lipinski definition) is 3. The average molecular weight is 995 g/mol. The zero-order chi connectivity index (χ0) is 51.3. The van der Waals surface area contributed by atoms with Crippen LogP contribution in [-0.2, 0) is 37.9 Å². The maximum Gasteiger partial charge on any atom is 0.264 e. The van der Waals surface area contributed by atoms with Crippen molar-refractivity contribution >= 4 is 78.0 Å². The lowest BCUT2D eigenvalue weighted by Gasteiger charge is -2.72. The minimum atomic E-state index is 0.0282. The largest absolute Gasteiger partial charge is 0.311 e. The fourth-order valence-corrected chi connectivity index (χ4v) is 20.2. The van der Waals surface area contributed by atoms with Crippen LogP contribution in [0, 0.1) is 41.4 Å². The highest BCUT2D eigenvalue weighted by Gasteiger charge is 2.68. The van der Waals surface area contributed by atoms with Crippen LogP contribution in [0.4, 0.5) is 34.1 Å². The third-order valence-electron chi connectivity index (χ3n) is 23.2.